The van der Waals surface area contributed by atoms with Gasteiger partial charge >= 0.3 is 6.18 Å². The van der Waals surface area contributed by atoms with Gasteiger partial charge in [-0.25, -0.2) is 8.78 Å². The molecule has 5 rings (SSSR count). The van der Waals surface area contributed by atoms with E-state index in [0.29, 0.717) is 5.52 Å². The predicted molar refractivity (Wildman–Crippen MR) is 107 cm³/mol. The SMILES string of the molecule is CN(c1cc(F)cc(C#CC2(C(F)(F)F)CC2)c1)c1nc2nncn2c2cccc(F)c12. The zero-order valence-corrected chi connectivity index (χ0v) is 16.6. The number of alkyl halides is 3. The summed E-state index contributed by atoms with van der Waals surface area (Å²) in [5.74, 6) is 3.84. The van der Waals surface area contributed by atoms with Gasteiger partial charge in [0, 0.05) is 18.3 Å². The third-order valence-corrected chi connectivity index (χ3v) is 5.54. The van der Waals surface area contributed by atoms with Crippen LogP contribution in [-0.4, -0.2) is 32.8 Å². The van der Waals surface area contributed by atoms with E-state index >= 15 is 0 Å². The summed E-state index contributed by atoms with van der Waals surface area (Å²) in [4.78, 5) is 5.79. The lowest BCUT2D eigenvalue weighted by molar-refractivity contribution is -0.168. The molecular weight excluding hydrogens is 429 g/mol. The van der Waals surface area contributed by atoms with E-state index in [0.717, 1.165) is 6.07 Å². The summed E-state index contributed by atoms with van der Waals surface area (Å²) in [5.41, 5.74) is -1.24. The smallest absolute Gasteiger partial charge is 0.329 e. The van der Waals surface area contributed by atoms with Crippen molar-refractivity contribution in [1.82, 2.24) is 19.6 Å². The molecule has 2 aromatic carbocycles. The largest absolute Gasteiger partial charge is 0.405 e. The first kappa shape index (κ1) is 20.2. The molecule has 0 spiro atoms. The lowest BCUT2D eigenvalue weighted by Gasteiger charge is -2.21. The van der Waals surface area contributed by atoms with Crippen LogP contribution in [0, 0.1) is 28.9 Å². The Labute approximate surface area is 178 Å². The van der Waals surface area contributed by atoms with E-state index in [1.54, 1.807) is 13.1 Å². The monoisotopic (exact) mass is 443 g/mol. The number of anilines is 2. The molecule has 10 heteroatoms. The van der Waals surface area contributed by atoms with Crippen molar-refractivity contribution in [3.63, 3.8) is 0 Å². The van der Waals surface area contributed by atoms with E-state index in [1.165, 1.54) is 39.9 Å². The lowest BCUT2D eigenvalue weighted by Crippen LogP contribution is -2.22. The fraction of sp³-hybridized carbons (Fsp3) is 0.227. The standard InChI is InChI=1S/C22H14F5N5/c1-31(19-18-16(24)3-2-4-17(18)32-12-28-30-20(32)29-19)15-10-13(9-14(23)11-15)5-6-21(7-8-21)22(25,26)27/h2-4,9-12H,7-8H2,1H3. The maximum absolute atomic E-state index is 14.8. The Bertz CT molecular complexity index is 1430. The molecule has 0 unspecified atom stereocenters. The van der Waals surface area contributed by atoms with Gasteiger partial charge in [-0.3, -0.25) is 4.40 Å². The Morgan fingerprint density at radius 3 is 2.62 bits per heavy atom. The third kappa shape index (κ3) is 3.21. The molecule has 0 radical (unpaired) electrons. The summed E-state index contributed by atoms with van der Waals surface area (Å²) in [7, 11) is 1.55. The van der Waals surface area contributed by atoms with Crippen LogP contribution in [0.4, 0.5) is 33.5 Å². The summed E-state index contributed by atoms with van der Waals surface area (Å²) in [6.45, 7) is 0. The molecule has 5 nitrogen and oxygen atoms in total. The first-order valence-electron chi connectivity index (χ1n) is 9.61. The fourth-order valence-corrected chi connectivity index (χ4v) is 3.56. The number of fused-ring (bicyclic) bond motifs is 3. The van der Waals surface area contributed by atoms with Gasteiger partial charge in [-0.1, -0.05) is 17.9 Å². The molecule has 0 amide bonds. The van der Waals surface area contributed by atoms with E-state index in [9.17, 15) is 22.0 Å². The highest BCUT2D eigenvalue weighted by molar-refractivity contribution is 5.93. The molecule has 1 fully saturated rings. The summed E-state index contributed by atoms with van der Waals surface area (Å²) < 4.78 is 70.1. The van der Waals surface area contributed by atoms with Crippen molar-refractivity contribution in [3.8, 4) is 11.8 Å². The second-order valence-electron chi connectivity index (χ2n) is 7.66. The predicted octanol–water partition coefficient (Wildman–Crippen LogP) is 5.02. The van der Waals surface area contributed by atoms with Crippen LogP contribution >= 0.6 is 0 Å². The quantitative estimate of drug-likeness (QED) is 0.323. The van der Waals surface area contributed by atoms with E-state index in [-0.39, 0.29) is 41.1 Å². The molecule has 32 heavy (non-hydrogen) atoms. The molecule has 0 atom stereocenters. The van der Waals surface area contributed by atoms with Gasteiger partial charge in [-0.2, -0.15) is 18.2 Å². The van der Waals surface area contributed by atoms with Crippen LogP contribution in [0.25, 0.3) is 16.7 Å². The summed E-state index contributed by atoms with van der Waals surface area (Å²) in [5, 5.41) is 7.86. The fourth-order valence-electron chi connectivity index (χ4n) is 3.56. The molecule has 2 heterocycles. The molecule has 162 valence electrons. The first-order valence-corrected chi connectivity index (χ1v) is 9.61. The molecule has 0 bridgehead atoms. The molecule has 1 aliphatic rings. The van der Waals surface area contributed by atoms with Crippen molar-refractivity contribution >= 4 is 28.2 Å². The van der Waals surface area contributed by atoms with Crippen molar-refractivity contribution < 1.29 is 22.0 Å². The van der Waals surface area contributed by atoms with Crippen LogP contribution in [0.2, 0.25) is 0 Å². The lowest BCUT2D eigenvalue weighted by atomic mass is 10.1. The number of aromatic nitrogens is 4. The molecule has 4 aromatic rings. The normalized spacial score (nSPS) is 14.9. The van der Waals surface area contributed by atoms with Crippen LogP contribution < -0.4 is 4.90 Å². The second kappa shape index (κ2) is 6.88. The van der Waals surface area contributed by atoms with Crippen LogP contribution in [0.15, 0.2) is 42.7 Å². The van der Waals surface area contributed by atoms with Gasteiger partial charge in [0.1, 0.15) is 29.2 Å². The van der Waals surface area contributed by atoms with Gasteiger partial charge in [0.2, 0.25) is 0 Å². The Morgan fingerprint density at radius 2 is 1.91 bits per heavy atom. The highest BCUT2D eigenvalue weighted by Gasteiger charge is 2.62. The average molecular weight is 443 g/mol. The highest BCUT2D eigenvalue weighted by atomic mass is 19.4. The summed E-state index contributed by atoms with van der Waals surface area (Å²) in [6, 6.07) is 8.14. The second-order valence-corrected chi connectivity index (χ2v) is 7.66. The van der Waals surface area contributed by atoms with E-state index < -0.39 is 23.2 Å². The van der Waals surface area contributed by atoms with Crippen molar-refractivity contribution in [2.45, 2.75) is 19.0 Å². The van der Waals surface area contributed by atoms with Crippen molar-refractivity contribution in [1.29, 1.82) is 0 Å². The van der Waals surface area contributed by atoms with Crippen molar-refractivity contribution in [2.75, 3.05) is 11.9 Å². The van der Waals surface area contributed by atoms with E-state index in [1.807, 2.05) is 0 Å². The van der Waals surface area contributed by atoms with Gasteiger partial charge in [0.25, 0.3) is 5.78 Å². The molecule has 1 saturated carbocycles. The van der Waals surface area contributed by atoms with Crippen molar-refractivity contribution in [3.05, 3.63) is 59.9 Å². The zero-order chi connectivity index (χ0) is 22.7. The van der Waals surface area contributed by atoms with Crippen LogP contribution in [0.1, 0.15) is 18.4 Å². The van der Waals surface area contributed by atoms with Crippen molar-refractivity contribution in [2.24, 2.45) is 5.41 Å². The number of hydrogen-bond acceptors (Lipinski definition) is 4. The van der Waals surface area contributed by atoms with Gasteiger partial charge in [-0.15, -0.1) is 10.2 Å². The highest BCUT2D eigenvalue weighted by Crippen LogP contribution is 2.57. The number of hydrogen-bond donors (Lipinski definition) is 0. The topological polar surface area (TPSA) is 46.3 Å². The maximum Gasteiger partial charge on any atom is 0.405 e. The Hall–Kier alpha value is -3.74. The number of nitrogens with zero attached hydrogens (tertiary/aromatic N) is 5. The summed E-state index contributed by atoms with van der Waals surface area (Å²) >= 11 is 0. The Balaban J connectivity index is 1.62. The molecule has 0 aliphatic heterocycles. The molecular formula is C22H14F5N5. The van der Waals surface area contributed by atoms with E-state index in [4.69, 9.17) is 0 Å². The maximum atomic E-state index is 14.8. The van der Waals surface area contributed by atoms with Gasteiger partial charge < -0.3 is 4.90 Å². The zero-order valence-electron chi connectivity index (χ0n) is 16.6. The summed E-state index contributed by atoms with van der Waals surface area (Å²) in [6.07, 6.45) is -3.17. The van der Waals surface area contributed by atoms with Gasteiger partial charge in [0.15, 0.2) is 0 Å². The molecule has 2 aromatic heterocycles. The third-order valence-electron chi connectivity index (χ3n) is 5.54. The van der Waals surface area contributed by atoms with Crippen LogP contribution in [0.5, 0.6) is 0 Å². The Morgan fingerprint density at radius 1 is 1.12 bits per heavy atom. The molecule has 1 aliphatic carbocycles. The minimum absolute atomic E-state index is 0.0703. The minimum atomic E-state index is -4.43. The molecule has 0 saturated heterocycles. The molecule has 0 N–H and O–H groups in total. The number of benzene rings is 2. The minimum Gasteiger partial charge on any atom is -0.329 e. The van der Waals surface area contributed by atoms with Crippen LogP contribution in [0.3, 0.4) is 0 Å². The average Bonchev–Trinajstić information content (AvgIpc) is 3.40. The number of halogens is 5. The van der Waals surface area contributed by atoms with E-state index in [2.05, 4.69) is 27.0 Å². The van der Waals surface area contributed by atoms with Crippen LogP contribution in [-0.2, 0) is 0 Å². The Kier molecular flexibility index (Phi) is 4.34. The first-order chi connectivity index (χ1) is 15.2. The van der Waals surface area contributed by atoms with Gasteiger partial charge in [-0.05, 0) is 43.2 Å². The number of rotatable bonds is 2. The van der Waals surface area contributed by atoms with Gasteiger partial charge in [0.05, 0.1) is 10.9 Å².